The molecule has 0 unspecified atom stereocenters. The van der Waals surface area contributed by atoms with E-state index in [1.807, 2.05) is 17.0 Å². The molecule has 0 amide bonds. The zero-order valence-corrected chi connectivity index (χ0v) is 23.7. The molecule has 1 heterocycles. The number of aryl methyl sites for hydroxylation is 1. The maximum Gasteiger partial charge on any atom is 0.514 e. The minimum absolute atomic E-state index is 0. The van der Waals surface area contributed by atoms with Crippen molar-refractivity contribution in [3.63, 3.8) is 0 Å². The van der Waals surface area contributed by atoms with E-state index in [0.29, 0.717) is 6.54 Å². The molecule has 34 heavy (non-hydrogen) atoms. The predicted molar refractivity (Wildman–Crippen MR) is 127 cm³/mol. The number of unbranched alkanes of at least 4 members (excludes halogenated alkanes) is 7. The number of nitrogens with zero attached hydrogens (tertiary/aromatic N) is 1. The second-order valence-corrected chi connectivity index (χ2v) is 9.24. The number of rotatable bonds is 14. The van der Waals surface area contributed by atoms with Gasteiger partial charge >= 0.3 is 6.16 Å². The molecule has 0 spiro atoms. The van der Waals surface area contributed by atoms with Crippen LogP contribution >= 0.6 is 0 Å². The van der Waals surface area contributed by atoms with Crippen LogP contribution in [0.3, 0.4) is 0 Å². The zero-order chi connectivity index (χ0) is 23.2. The Kier molecular flexibility index (Phi) is 17.5. The number of ether oxygens (including phenoxy) is 2. The largest absolute Gasteiger partial charge is 1.00 e. The molecule has 7 nitrogen and oxygen atoms in total. The molecule has 0 saturated carbocycles. The monoisotopic (exact) mass is 522 g/mol. The summed E-state index contributed by atoms with van der Waals surface area (Å²) in [7, 11) is -4.28. The van der Waals surface area contributed by atoms with Crippen LogP contribution in [0.15, 0.2) is 53.7 Å². The number of carbonyl (C=O) groups excluding carboxylic acids is 1. The summed E-state index contributed by atoms with van der Waals surface area (Å²) in [4.78, 5) is 11.5. The van der Waals surface area contributed by atoms with Crippen LogP contribution in [0.25, 0.3) is 0 Å². The van der Waals surface area contributed by atoms with Crippen LogP contribution in [-0.4, -0.2) is 55.3 Å². The van der Waals surface area contributed by atoms with Gasteiger partial charge in [0.15, 0.2) is 25.5 Å². The SMILES string of the molecule is CCCCCCCCCCc1cc[n+](CCOC(=O)Oc2ccc(S(=O)(=O)O)cc2)cc1.[Cl-].[Na]. The molecule has 1 radical (unpaired) electrons. The Bertz CT molecular complexity index is 923. The van der Waals surface area contributed by atoms with Gasteiger partial charge in [-0.15, -0.1) is 0 Å². The van der Waals surface area contributed by atoms with Crippen LogP contribution in [0.5, 0.6) is 5.75 Å². The first kappa shape index (κ1) is 32.8. The summed E-state index contributed by atoms with van der Waals surface area (Å²) in [5.41, 5.74) is 1.31. The molecule has 0 saturated heterocycles. The van der Waals surface area contributed by atoms with Gasteiger partial charge in [-0.25, -0.2) is 9.36 Å². The molecule has 185 valence electrons. The number of aromatic nitrogens is 1. The van der Waals surface area contributed by atoms with Gasteiger partial charge in [0.25, 0.3) is 10.1 Å². The Morgan fingerprint density at radius 3 is 2.03 bits per heavy atom. The van der Waals surface area contributed by atoms with Gasteiger partial charge in [-0.3, -0.25) is 4.55 Å². The fourth-order valence-electron chi connectivity index (χ4n) is 3.31. The Balaban J connectivity index is 0.00000544. The van der Waals surface area contributed by atoms with E-state index < -0.39 is 16.3 Å². The standard InChI is InChI=1S/C24H33NO6S.ClH.Na/c1-2-3-4-5-6-7-8-9-10-21-15-17-25(18-16-21)19-20-30-24(26)31-22-11-13-23(14-12-22)32(27,28)29;;/h11-18H,2-10,19-20H2,1H3;1H;. The van der Waals surface area contributed by atoms with Crippen LogP contribution in [0.1, 0.15) is 63.9 Å². The van der Waals surface area contributed by atoms with Crippen molar-refractivity contribution < 1.29 is 44.2 Å². The van der Waals surface area contributed by atoms with Gasteiger partial charge < -0.3 is 21.9 Å². The number of hydrogen-bond donors (Lipinski definition) is 1. The fraction of sp³-hybridized carbons (Fsp3) is 0.500. The van der Waals surface area contributed by atoms with Gasteiger partial charge in [-0.1, -0.05) is 51.9 Å². The first-order valence-corrected chi connectivity index (χ1v) is 12.7. The first-order chi connectivity index (χ1) is 15.4. The van der Waals surface area contributed by atoms with E-state index in [1.54, 1.807) is 0 Å². The average Bonchev–Trinajstić information content (AvgIpc) is 2.76. The molecule has 10 heteroatoms. The normalized spacial score (nSPS) is 10.6. The van der Waals surface area contributed by atoms with E-state index >= 15 is 0 Å². The summed E-state index contributed by atoms with van der Waals surface area (Å²) in [6, 6.07) is 9.01. The van der Waals surface area contributed by atoms with Crippen molar-refractivity contribution >= 4 is 45.8 Å². The van der Waals surface area contributed by atoms with E-state index in [4.69, 9.17) is 14.0 Å². The van der Waals surface area contributed by atoms with Crippen LogP contribution in [0.2, 0.25) is 0 Å². The number of carbonyl (C=O) groups is 1. The Labute approximate surface area is 231 Å². The summed E-state index contributed by atoms with van der Waals surface area (Å²) in [6.45, 7) is 2.88. The second kappa shape index (κ2) is 18.2. The number of benzene rings is 1. The third-order valence-corrected chi connectivity index (χ3v) is 6.04. The van der Waals surface area contributed by atoms with Crippen molar-refractivity contribution in [1.82, 2.24) is 0 Å². The van der Waals surface area contributed by atoms with Gasteiger partial charge in [0.05, 0.1) is 4.90 Å². The number of halogens is 1. The Morgan fingerprint density at radius 2 is 1.47 bits per heavy atom. The molecule has 1 N–H and O–H groups in total. The van der Waals surface area contributed by atoms with Gasteiger partial charge in [-0.05, 0) is 42.7 Å². The van der Waals surface area contributed by atoms with Gasteiger partial charge in [-0.2, -0.15) is 8.42 Å². The van der Waals surface area contributed by atoms with Crippen LogP contribution in [0.4, 0.5) is 4.79 Å². The Hall–Kier alpha value is -1.16. The van der Waals surface area contributed by atoms with Crippen LogP contribution < -0.4 is 21.7 Å². The third-order valence-electron chi connectivity index (χ3n) is 5.17. The zero-order valence-electron chi connectivity index (χ0n) is 20.1. The van der Waals surface area contributed by atoms with Crippen molar-refractivity contribution in [3.05, 3.63) is 54.4 Å². The Morgan fingerprint density at radius 1 is 0.912 bits per heavy atom. The van der Waals surface area contributed by atoms with E-state index in [1.165, 1.54) is 69.1 Å². The quantitative estimate of drug-likeness (QED) is 0.101. The van der Waals surface area contributed by atoms with Gasteiger partial charge in [0.2, 0.25) is 0 Å². The second-order valence-electron chi connectivity index (χ2n) is 7.82. The van der Waals surface area contributed by atoms with Crippen LogP contribution in [-0.2, 0) is 27.8 Å². The van der Waals surface area contributed by atoms with E-state index in [2.05, 4.69) is 19.1 Å². The maximum absolute atomic E-state index is 11.8. The number of pyridine rings is 1. The summed E-state index contributed by atoms with van der Waals surface area (Å²) >= 11 is 0. The fourth-order valence-corrected chi connectivity index (χ4v) is 3.79. The predicted octanol–water partition coefficient (Wildman–Crippen LogP) is 1.74. The van der Waals surface area contributed by atoms with Crippen molar-refractivity contribution in [1.29, 1.82) is 0 Å². The van der Waals surface area contributed by atoms with E-state index in [0.717, 1.165) is 18.6 Å². The van der Waals surface area contributed by atoms with Gasteiger partial charge in [0.1, 0.15) is 5.75 Å². The molecular formula is C24H34ClNNaO6S. The first-order valence-electron chi connectivity index (χ1n) is 11.3. The summed E-state index contributed by atoms with van der Waals surface area (Å²) in [6.07, 6.45) is 14.6. The molecule has 0 fully saturated rings. The minimum atomic E-state index is -4.28. The topological polar surface area (TPSA) is 93.8 Å². The number of hydrogen-bond acceptors (Lipinski definition) is 5. The summed E-state index contributed by atoms with van der Waals surface area (Å²) in [5.74, 6) is 0.125. The van der Waals surface area contributed by atoms with Crippen molar-refractivity contribution in [2.45, 2.75) is 76.2 Å². The van der Waals surface area contributed by atoms with Crippen molar-refractivity contribution in [2.75, 3.05) is 6.61 Å². The molecule has 0 aliphatic carbocycles. The van der Waals surface area contributed by atoms with Gasteiger partial charge in [0, 0.05) is 41.7 Å². The molecule has 0 atom stereocenters. The molecule has 0 bridgehead atoms. The van der Waals surface area contributed by atoms with Crippen LogP contribution in [0, 0.1) is 0 Å². The minimum Gasteiger partial charge on any atom is -1.00 e. The molecule has 2 rings (SSSR count). The molecule has 0 aliphatic heterocycles. The van der Waals surface area contributed by atoms with Crippen molar-refractivity contribution in [3.8, 4) is 5.75 Å². The smallest absolute Gasteiger partial charge is 0.514 e. The van der Waals surface area contributed by atoms with E-state index in [9.17, 15) is 13.2 Å². The maximum atomic E-state index is 11.8. The molecule has 2 aromatic rings. The summed E-state index contributed by atoms with van der Waals surface area (Å²) < 4.78 is 42.9. The summed E-state index contributed by atoms with van der Waals surface area (Å²) in [5, 5.41) is 0. The molecule has 1 aromatic heterocycles. The molecule has 0 aliphatic rings. The molecule has 1 aromatic carbocycles. The third kappa shape index (κ3) is 13.7. The van der Waals surface area contributed by atoms with E-state index in [-0.39, 0.29) is 59.2 Å². The molecular weight excluding hydrogens is 489 g/mol. The average molecular weight is 523 g/mol. The van der Waals surface area contributed by atoms with Crippen molar-refractivity contribution in [2.24, 2.45) is 0 Å².